The van der Waals surface area contributed by atoms with Gasteiger partial charge in [0, 0.05) is 38.0 Å². The van der Waals surface area contributed by atoms with Gasteiger partial charge >= 0.3 is 10.4 Å². The highest BCUT2D eigenvalue weighted by atomic mass is 35.5. The standard InChI is InChI=1S/C18H14Cl4N2O.H2O4S/c19-13-2-1-12(16(21)7-13)10-25-18(9-24-6-5-23-11-24)15-4-3-14(20)8-17(15)22;1-5(2,3)4/h1-8,11,18H,9-10H2;(H2,1,2,3,4)/t18-;/m0./s1. The van der Waals surface area contributed by atoms with E-state index >= 15 is 0 Å². The lowest BCUT2D eigenvalue weighted by Gasteiger charge is -2.21. The summed E-state index contributed by atoms with van der Waals surface area (Å²) in [5, 5.41) is 2.29. The van der Waals surface area contributed by atoms with Crippen LogP contribution in [-0.2, 0) is 28.3 Å². The van der Waals surface area contributed by atoms with Crippen LogP contribution in [0.2, 0.25) is 20.1 Å². The van der Waals surface area contributed by atoms with Gasteiger partial charge in [-0.1, -0.05) is 58.5 Å². The quantitative estimate of drug-likeness (QED) is 0.404. The molecule has 0 spiro atoms. The van der Waals surface area contributed by atoms with E-state index in [2.05, 4.69) is 4.98 Å². The van der Waals surface area contributed by atoms with Crippen molar-refractivity contribution >= 4 is 56.8 Å². The van der Waals surface area contributed by atoms with Gasteiger partial charge in [-0.2, -0.15) is 8.42 Å². The van der Waals surface area contributed by atoms with Gasteiger partial charge in [0.25, 0.3) is 0 Å². The smallest absolute Gasteiger partial charge is 0.367 e. The van der Waals surface area contributed by atoms with Gasteiger partial charge in [0.1, 0.15) is 6.10 Å². The zero-order valence-corrected chi connectivity index (χ0v) is 19.0. The van der Waals surface area contributed by atoms with Crippen molar-refractivity contribution in [2.75, 3.05) is 0 Å². The van der Waals surface area contributed by atoms with E-state index < -0.39 is 10.4 Å². The van der Waals surface area contributed by atoms with E-state index in [1.165, 1.54) is 0 Å². The zero-order chi connectivity index (χ0) is 22.3. The molecule has 3 rings (SSSR count). The van der Waals surface area contributed by atoms with E-state index in [-0.39, 0.29) is 6.10 Å². The molecule has 162 valence electrons. The van der Waals surface area contributed by atoms with Crippen LogP contribution < -0.4 is 0 Å². The van der Waals surface area contributed by atoms with Crippen molar-refractivity contribution in [2.24, 2.45) is 0 Å². The van der Waals surface area contributed by atoms with Crippen LogP contribution in [0.5, 0.6) is 0 Å². The second-order valence-corrected chi connectivity index (χ2v) is 8.49. The Bertz CT molecular complexity index is 1070. The maximum absolute atomic E-state index is 8.74. The third kappa shape index (κ3) is 8.79. The van der Waals surface area contributed by atoms with Crippen molar-refractivity contribution in [2.45, 2.75) is 19.3 Å². The molecule has 30 heavy (non-hydrogen) atoms. The molecule has 0 aliphatic rings. The fourth-order valence-electron chi connectivity index (χ4n) is 2.42. The number of hydrogen-bond acceptors (Lipinski definition) is 4. The van der Waals surface area contributed by atoms with Crippen LogP contribution in [-0.4, -0.2) is 27.1 Å². The molecular weight excluding hydrogens is 498 g/mol. The Hall–Kier alpha value is -1.36. The molecule has 7 nitrogen and oxygen atoms in total. The second-order valence-electron chi connectivity index (χ2n) is 5.91. The van der Waals surface area contributed by atoms with Crippen LogP contribution in [0.25, 0.3) is 0 Å². The minimum atomic E-state index is -4.67. The van der Waals surface area contributed by atoms with E-state index in [1.54, 1.807) is 36.8 Å². The van der Waals surface area contributed by atoms with Crippen LogP contribution in [0.15, 0.2) is 55.1 Å². The SMILES string of the molecule is Clc1ccc(CO[C@@H](Cn2ccnc2)c2ccc(Cl)cc2Cl)c(Cl)c1.O=S(=O)(O)O. The number of imidazole rings is 1. The number of hydrogen-bond donors (Lipinski definition) is 2. The molecule has 0 saturated heterocycles. The van der Waals surface area contributed by atoms with Crippen molar-refractivity contribution in [1.29, 1.82) is 0 Å². The summed E-state index contributed by atoms with van der Waals surface area (Å²) in [7, 11) is -4.67. The first kappa shape index (κ1) is 24.9. The minimum absolute atomic E-state index is 0.286. The highest BCUT2D eigenvalue weighted by Crippen LogP contribution is 2.31. The highest BCUT2D eigenvalue weighted by molar-refractivity contribution is 7.79. The third-order valence-electron chi connectivity index (χ3n) is 3.70. The molecule has 0 aliphatic carbocycles. The largest absolute Gasteiger partial charge is 0.394 e. The summed E-state index contributed by atoms with van der Waals surface area (Å²) in [6, 6.07) is 10.7. The monoisotopic (exact) mass is 512 g/mol. The molecule has 0 fully saturated rings. The Labute approximate surface area is 193 Å². The average Bonchev–Trinajstić information content (AvgIpc) is 3.12. The van der Waals surface area contributed by atoms with Gasteiger partial charge < -0.3 is 9.30 Å². The minimum Gasteiger partial charge on any atom is -0.367 e. The molecular formula is C18H16Cl4N2O5S. The summed E-state index contributed by atoms with van der Waals surface area (Å²) >= 11 is 24.5. The topological polar surface area (TPSA) is 102 Å². The molecule has 0 bridgehead atoms. The Kier molecular flexibility index (Phi) is 9.39. The molecule has 0 aliphatic heterocycles. The van der Waals surface area contributed by atoms with Gasteiger partial charge in [-0.3, -0.25) is 9.11 Å². The normalized spacial score (nSPS) is 12.2. The Morgan fingerprint density at radius 2 is 1.60 bits per heavy atom. The van der Waals surface area contributed by atoms with E-state index in [1.807, 2.05) is 22.9 Å². The molecule has 1 aromatic heterocycles. The van der Waals surface area contributed by atoms with Gasteiger partial charge in [-0.15, -0.1) is 0 Å². The van der Waals surface area contributed by atoms with Gasteiger partial charge in [0.05, 0.1) is 19.5 Å². The second kappa shape index (κ2) is 11.3. The molecule has 2 aromatic carbocycles. The predicted octanol–water partition coefficient (Wildman–Crippen LogP) is 5.80. The zero-order valence-electron chi connectivity index (χ0n) is 15.1. The van der Waals surface area contributed by atoms with E-state index in [4.69, 9.17) is 68.7 Å². The molecule has 1 atom stereocenters. The Morgan fingerprint density at radius 1 is 1.00 bits per heavy atom. The van der Waals surface area contributed by atoms with E-state index in [0.717, 1.165) is 11.1 Å². The van der Waals surface area contributed by atoms with Gasteiger partial charge in [-0.25, -0.2) is 4.98 Å². The van der Waals surface area contributed by atoms with Gasteiger partial charge in [-0.05, 0) is 29.8 Å². The summed E-state index contributed by atoms with van der Waals surface area (Å²) in [6.07, 6.45) is 5.03. The van der Waals surface area contributed by atoms with Gasteiger partial charge in [0.15, 0.2) is 0 Å². The van der Waals surface area contributed by atoms with Crippen LogP contribution >= 0.6 is 46.4 Å². The van der Waals surface area contributed by atoms with E-state index in [0.29, 0.717) is 33.2 Å². The van der Waals surface area contributed by atoms with Crippen LogP contribution in [0, 0.1) is 0 Å². The molecule has 12 heteroatoms. The highest BCUT2D eigenvalue weighted by Gasteiger charge is 2.17. The fourth-order valence-corrected chi connectivity index (χ4v) is 3.41. The first-order chi connectivity index (χ1) is 14.0. The first-order valence-corrected chi connectivity index (χ1v) is 11.1. The number of benzene rings is 2. The van der Waals surface area contributed by atoms with Crippen molar-refractivity contribution in [3.05, 3.63) is 86.3 Å². The lowest BCUT2D eigenvalue weighted by Crippen LogP contribution is -2.12. The average molecular weight is 514 g/mol. The number of nitrogens with zero attached hydrogens (tertiary/aromatic N) is 2. The van der Waals surface area contributed by atoms with E-state index in [9.17, 15) is 0 Å². The first-order valence-electron chi connectivity index (χ1n) is 8.19. The van der Waals surface area contributed by atoms with Crippen molar-refractivity contribution in [3.63, 3.8) is 0 Å². The molecule has 2 N–H and O–H groups in total. The molecule has 0 saturated carbocycles. The number of rotatable bonds is 6. The van der Waals surface area contributed by atoms with Crippen LogP contribution in [0.4, 0.5) is 0 Å². The Morgan fingerprint density at radius 3 is 2.13 bits per heavy atom. The molecule has 0 amide bonds. The summed E-state index contributed by atoms with van der Waals surface area (Å²) in [4.78, 5) is 4.07. The Balaban J connectivity index is 0.000000575. The van der Waals surface area contributed by atoms with Crippen LogP contribution in [0.3, 0.4) is 0 Å². The fraction of sp³-hybridized carbons (Fsp3) is 0.167. The summed E-state index contributed by atoms with van der Waals surface area (Å²) in [5.41, 5.74) is 1.71. The molecule has 1 heterocycles. The summed E-state index contributed by atoms with van der Waals surface area (Å²) in [6.45, 7) is 0.890. The summed E-state index contributed by atoms with van der Waals surface area (Å²) < 4.78 is 39.6. The maximum Gasteiger partial charge on any atom is 0.394 e. The number of aromatic nitrogens is 2. The lowest BCUT2D eigenvalue weighted by atomic mass is 10.1. The maximum atomic E-state index is 8.74. The van der Waals surface area contributed by atoms with Crippen LogP contribution in [0.1, 0.15) is 17.2 Å². The lowest BCUT2D eigenvalue weighted by molar-refractivity contribution is 0.0281. The predicted molar refractivity (Wildman–Crippen MR) is 117 cm³/mol. The van der Waals surface area contributed by atoms with Crippen molar-refractivity contribution in [1.82, 2.24) is 9.55 Å². The number of ether oxygens (including phenoxy) is 1. The van der Waals surface area contributed by atoms with Crippen molar-refractivity contribution in [3.8, 4) is 0 Å². The van der Waals surface area contributed by atoms with Crippen molar-refractivity contribution < 1.29 is 22.3 Å². The molecule has 0 radical (unpaired) electrons. The third-order valence-corrected chi connectivity index (χ3v) is 4.85. The number of halogens is 4. The molecule has 3 aromatic rings. The molecule has 0 unspecified atom stereocenters. The van der Waals surface area contributed by atoms with Gasteiger partial charge in [0.2, 0.25) is 0 Å². The summed E-state index contributed by atoms with van der Waals surface area (Å²) in [5.74, 6) is 0.